The first-order valence-electron chi connectivity index (χ1n) is 4.45. The zero-order chi connectivity index (χ0) is 10.1. The number of nitrogens with zero attached hydrogens (tertiary/aromatic N) is 1. The van der Waals surface area contributed by atoms with Crippen LogP contribution in [0.25, 0.3) is 10.2 Å². The SMILES string of the molecule is CCNc1nc2sc(C)cc2c(=O)[nH]1. The summed E-state index contributed by atoms with van der Waals surface area (Å²) in [5, 5.41) is 3.66. The molecule has 4 nitrogen and oxygen atoms in total. The normalized spacial score (nSPS) is 10.7. The molecule has 0 bridgehead atoms. The van der Waals surface area contributed by atoms with Gasteiger partial charge < -0.3 is 5.32 Å². The smallest absolute Gasteiger partial charge is 0.261 e. The van der Waals surface area contributed by atoms with Gasteiger partial charge >= 0.3 is 0 Å². The molecule has 2 N–H and O–H groups in total. The number of aryl methyl sites for hydroxylation is 1. The van der Waals surface area contributed by atoms with Crippen molar-refractivity contribution in [2.75, 3.05) is 11.9 Å². The molecule has 2 heterocycles. The van der Waals surface area contributed by atoms with Gasteiger partial charge in [-0.3, -0.25) is 9.78 Å². The van der Waals surface area contributed by atoms with E-state index in [-0.39, 0.29) is 5.56 Å². The van der Waals surface area contributed by atoms with Gasteiger partial charge in [0.2, 0.25) is 5.95 Å². The van der Waals surface area contributed by atoms with Gasteiger partial charge in [-0.25, -0.2) is 4.98 Å². The summed E-state index contributed by atoms with van der Waals surface area (Å²) in [6, 6.07) is 1.86. The van der Waals surface area contributed by atoms with Gasteiger partial charge in [-0.2, -0.15) is 0 Å². The van der Waals surface area contributed by atoms with Crippen molar-refractivity contribution in [2.45, 2.75) is 13.8 Å². The van der Waals surface area contributed by atoms with Crippen molar-refractivity contribution in [1.82, 2.24) is 9.97 Å². The van der Waals surface area contributed by atoms with Crippen LogP contribution in [0, 0.1) is 6.92 Å². The average molecular weight is 209 g/mol. The van der Waals surface area contributed by atoms with Gasteiger partial charge in [0.15, 0.2) is 0 Å². The number of hydrogen-bond acceptors (Lipinski definition) is 4. The van der Waals surface area contributed by atoms with Gasteiger partial charge in [0.25, 0.3) is 5.56 Å². The second-order valence-electron chi connectivity index (χ2n) is 3.02. The van der Waals surface area contributed by atoms with Crippen LogP contribution in [0.2, 0.25) is 0 Å². The van der Waals surface area contributed by atoms with Crippen molar-refractivity contribution in [3.63, 3.8) is 0 Å². The van der Waals surface area contributed by atoms with Crippen molar-refractivity contribution >= 4 is 27.5 Å². The fourth-order valence-corrected chi connectivity index (χ4v) is 2.18. The number of aromatic amines is 1. The maximum Gasteiger partial charge on any atom is 0.261 e. The standard InChI is InChI=1S/C9H11N3OS/c1-3-10-9-11-7(13)6-4-5(2)14-8(6)12-9/h4H,3H2,1-2H3,(H2,10,11,12,13). The highest BCUT2D eigenvalue weighted by atomic mass is 32.1. The highest BCUT2D eigenvalue weighted by Crippen LogP contribution is 2.20. The van der Waals surface area contributed by atoms with E-state index >= 15 is 0 Å². The molecular formula is C9H11N3OS. The minimum atomic E-state index is -0.0738. The monoisotopic (exact) mass is 209 g/mol. The van der Waals surface area contributed by atoms with Crippen LogP contribution in [0.5, 0.6) is 0 Å². The van der Waals surface area contributed by atoms with Gasteiger partial charge in [-0.05, 0) is 19.9 Å². The lowest BCUT2D eigenvalue weighted by Gasteiger charge is -1.99. The second-order valence-corrected chi connectivity index (χ2v) is 4.26. The Kier molecular flexibility index (Phi) is 2.25. The summed E-state index contributed by atoms with van der Waals surface area (Å²) < 4.78 is 0. The molecule has 2 rings (SSSR count). The molecule has 0 aliphatic carbocycles. The highest BCUT2D eigenvalue weighted by Gasteiger charge is 2.05. The Bertz CT molecular complexity index is 514. The van der Waals surface area contributed by atoms with Crippen LogP contribution < -0.4 is 10.9 Å². The van der Waals surface area contributed by atoms with Crippen molar-refractivity contribution < 1.29 is 0 Å². The van der Waals surface area contributed by atoms with E-state index in [4.69, 9.17) is 0 Å². The molecule has 2 aromatic heterocycles. The molecule has 0 spiro atoms. The summed E-state index contributed by atoms with van der Waals surface area (Å²) in [6.45, 7) is 4.68. The third-order valence-corrected chi connectivity index (χ3v) is 2.81. The second kappa shape index (κ2) is 3.42. The molecule has 0 saturated heterocycles. The third kappa shape index (κ3) is 1.50. The molecule has 0 radical (unpaired) electrons. The minimum absolute atomic E-state index is 0.0738. The summed E-state index contributed by atoms with van der Waals surface area (Å²) >= 11 is 1.54. The molecule has 74 valence electrons. The molecular weight excluding hydrogens is 198 g/mol. The largest absolute Gasteiger partial charge is 0.356 e. The molecule has 0 saturated carbocycles. The van der Waals surface area contributed by atoms with E-state index in [0.29, 0.717) is 11.3 Å². The van der Waals surface area contributed by atoms with Crippen molar-refractivity contribution in [3.8, 4) is 0 Å². The number of fused-ring (bicyclic) bond motifs is 1. The quantitative estimate of drug-likeness (QED) is 0.791. The van der Waals surface area contributed by atoms with E-state index in [1.54, 1.807) is 0 Å². The van der Waals surface area contributed by atoms with Crippen LogP contribution in [0.3, 0.4) is 0 Å². The summed E-state index contributed by atoms with van der Waals surface area (Å²) in [7, 11) is 0. The van der Waals surface area contributed by atoms with Gasteiger partial charge in [-0.1, -0.05) is 0 Å². The maximum absolute atomic E-state index is 11.6. The fourth-order valence-electron chi connectivity index (χ4n) is 1.30. The summed E-state index contributed by atoms with van der Waals surface area (Å²) in [4.78, 5) is 20.4. The van der Waals surface area contributed by atoms with Gasteiger partial charge in [-0.15, -0.1) is 11.3 Å². The third-order valence-electron chi connectivity index (χ3n) is 1.87. The highest BCUT2D eigenvalue weighted by molar-refractivity contribution is 7.18. The van der Waals surface area contributed by atoms with E-state index in [9.17, 15) is 4.79 Å². The van der Waals surface area contributed by atoms with E-state index in [1.807, 2.05) is 19.9 Å². The predicted molar refractivity (Wildman–Crippen MR) is 59.1 cm³/mol. The number of nitrogens with one attached hydrogen (secondary N) is 2. The van der Waals surface area contributed by atoms with E-state index < -0.39 is 0 Å². The minimum Gasteiger partial charge on any atom is -0.356 e. The summed E-state index contributed by atoms with van der Waals surface area (Å²) in [6.07, 6.45) is 0. The Morgan fingerprint density at radius 1 is 1.64 bits per heavy atom. The van der Waals surface area contributed by atoms with Gasteiger partial charge in [0, 0.05) is 11.4 Å². The van der Waals surface area contributed by atoms with Crippen LogP contribution in [-0.4, -0.2) is 16.5 Å². The van der Waals surface area contributed by atoms with Crippen molar-refractivity contribution in [2.24, 2.45) is 0 Å². The van der Waals surface area contributed by atoms with E-state index in [2.05, 4.69) is 15.3 Å². The average Bonchev–Trinajstić information content (AvgIpc) is 2.47. The Labute approximate surface area is 85.0 Å². The van der Waals surface area contributed by atoms with Crippen LogP contribution >= 0.6 is 11.3 Å². The number of thiophene rings is 1. The zero-order valence-electron chi connectivity index (χ0n) is 8.05. The Morgan fingerprint density at radius 3 is 3.14 bits per heavy atom. The van der Waals surface area contributed by atoms with Crippen LogP contribution in [-0.2, 0) is 0 Å². The van der Waals surface area contributed by atoms with Crippen LogP contribution in [0.15, 0.2) is 10.9 Å². The molecule has 0 fully saturated rings. The molecule has 0 aliphatic heterocycles. The zero-order valence-corrected chi connectivity index (χ0v) is 8.86. The lowest BCUT2D eigenvalue weighted by atomic mass is 10.4. The Hall–Kier alpha value is -1.36. The Balaban J connectivity index is 2.65. The maximum atomic E-state index is 11.6. The van der Waals surface area contributed by atoms with E-state index in [1.165, 1.54) is 11.3 Å². The molecule has 5 heteroatoms. The Morgan fingerprint density at radius 2 is 2.43 bits per heavy atom. The first kappa shape index (κ1) is 9.21. The van der Waals surface area contributed by atoms with Crippen LogP contribution in [0.1, 0.15) is 11.8 Å². The molecule has 0 atom stereocenters. The molecule has 14 heavy (non-hydrogen) atoms. The number of anilines is 1. The molecule has 2 aromatic rings. The number of aromatic nitrogens is 2. The molecule has 0 unspecified atom stereocenters. The fraction of sp³-hybridized carbons (Fsp3) is 0.333. The lowest BCUT2D eigenvalue weighted by molar-refractivity contribution is 1.09. The number of hydrogen-bond donors (Lipinski definition) is 2. The van der Waals surface area contributed by atoms with E-state index in [0.717, 1.165) is 16.3 Å². The molecule has 0 aliphatic rings. The predicted octanol–water partition coefficient (Wildman–Crippen LogP) is 1.72. The first-order valence-corrected chi connectivity index (χ1v) is 5.26. The molecule has 0 amide bonds. The lowest BCUT2D eigenvalue weighted by Crippen LogP contribution is -2.11. The summed E-state index contributed by atoms with van der Waals surface area (Å²) in [5.41, 5.74) is -0.0738. The van der Waals surface area contributed by atoms with Gasteiger partial charge in [0.1, 0.15) is 4.83 Å². The first-order chi connectivity index (χ1) is 6.70. The topological polar surface area (TPSA) is 57.8 Å². The van der Waals surface area contributed by atoms with Crippen LogP contribution in [0.4, 0.5) is 5.95 Å². The van der Waals surface area contributed by atoms with Crippen molar-refractivity contribution in [1.29, 1.82) is 0 Å². The van der Waals surface area contributed by atoms with Gasteiger partial charge in [0.05, 0.1) is 5.39 Å². The number of H-pyrrole nitrogens is 1. The summed E-state index contributed by atoms with van der Waals surface area (Å²) in [5.74, 6) is 0.548. The molecule has 0 aromatic carbocycles. The number of rotatable bonds is 2. The van der Waals surface area contributed by atoms with Crippen molar-refractivity contribution in [3.05, 3.63) is 21.3 Å².